The van der Waals surface area contributed by atoms with Gasteiger partial charge in [-0.3, -0.25) is 0 Å². The Hall–Kier alpha value is -3.40. The zero-order valence-corrected chi connectivity index (χ0v) is 15.5. The van der Waals surface area contributed by atoms with E-state index in [-0.39, 0.29) is 5.56 Å². The van der Waals surface area contributed by atoms with Crippen LogP contribution in [0.4, 0.5) is 0 Å². The van der Waals surface area contributed by atoms with E-state index in [1.807, 2.05) is 49.4 Å². The lowest BCUT2D eigenvalue weighted by molar-refractivity contribution is 0.0699. The van der Waals surface area contributed by atoms with Crippen molar-refractivity contribution in [2.24, 2.45) is 0 Å². The maximum absolute atomic E-state index is 11.8. The molecule has 134 valence electrons. The van der Waals surface area contributed by atoms with Crippen molar-refractivity contribution in [2.75, 3.05) is 0 Å². The van der Waals surface area contributed by atoms with Crippen LogP contribution in [-0.2, 0) is 0 Å². The van der Waals surface area contributed by atoms with E-state index < -0.39 is 5.97 Å². The maximum Gasteiger partial charge on any atom is 0.336 e. The first kappa shape index (κ1) is 17.0. The highest BCUT2D eigenvalue weighted by atomic mass is 16.4. The third kappa shape index (κ3) is 2.99. The van der Waals surface area contributed by atoms with Crippen LogP contribution < -0.4 is 0 Å². The van der Waals surface area contributed by atoms with Gasteiger partial charge in [0.1, 0.15) is 0 Å². The fourth-order valence-electron chi connectivity index (χ4n) is 3.52. The highest BCUT2D eigenvalue weighted by Gasteiger charge is 2.13. The number of carboxylic acids is 1. The van der Waals surface area contributed by atoms with E-state index in [2.05, 4.69) is 35.5 Å². The standard InChI is InChI=1S/C23H20N2O2/c1-14-4-11-21-19(12-14)20(23(26)27)13-22(24-21)17-7-9-18(10-8-17)25-15(2)5-6-16(25)3/h4-13H,1-3H3,(H,26,27). The number of rotatable bonds is 3. The van der Waals surface area contributed by atoms with Gasteiger partial charge in [0.25, 0.3) is 0 Å². The van der Waals surface area contributed by atoms with E-state index in [4.69, 9.17) is 0 Å². The molecule has 0 aliphatic heterocycles. The SMILES string of the molecule is Cc1ccc2nc(-c3ccc(-n4c(C)ccc4C)cc3)cc(C(=O)O)c2c1. The van der Waals surface area contributed by atoms with E-state index in [1.54, 1.807) is 6.07 Å². The number of pyridine rings is 1. The Bertz CT molecular complexity index is 1150. The minimum atomic E-state index is -0.940. The van der Waals surface area contributed by atoms with Crippen LogP contribution in [0.1, 0.15) is 27.3 Å². The minimum absolute atomic E-state index is 0.278. The molecule has 0 unspecified atom stereocenters. The van der Waals surface area contributed by atoms with Gasteiger partial charge < -0.3 is 9.67 Å². The molecule has 0 atom stereocenters. The molecule has 2 heterocycles. The monoisotopic (exact) mass is 356 g/mol. The predicted octanol–water partition coefficient (Wildman–Crippen LogP) is 5.32. The number of hydrogen-bond acceptors (Lipinski definition) is 2. The molecule has 0 radical (unpaired) electrons. The van der Waals surface area contributed by atoms with Gasteiger partial charge in [-0.15, -0.1) is 0 Å². The first-order valence-corrected chi connectivity index (χ1v) is 8.84. The third-order valence-electron chi connectivity index (χ3n) is 4.89. The van der Waals surface area contributed by atoms with Crippen molar-refractivity contribution in [1.82, 2.24) is 9.55 Å². The van der Waals surface area contributed by atoms with Gasteiger partial charge in [0.05, 0.1) is 16.8 Å². The smallest absolute Gasteiger partial charge is 0.336 e. The van der Waals surface area contributed by atoms with Crippen LogP contribution in [0.15, 0.2) is 60.7 Å². The molecule has 4 nitrogen and oxygen atoms in total. The predicted molar refractivity (Wildman–Crippen MR) is 108 cm³/mol. The molecule has 0 bridgehead atoms. The Balaban J connectivity index is 1.83. The fourth-order valence-corrected chi connectivity index (χ4v) is 3.52. The Morgan fingerprint density at radius 1 is 0.889 bits per heavy atom. The number of fused-ring (bicyclic) bond motifs is 1. The van der Waals surface area contributed by atoms with Crippen LogP contribution in [0.2, 0.25) is 0 Å². The number of aromatic nitrogens is 2. The zero-order chi connectivity index (χ0) is 19.1. The molecule has 0 aliphatic rings. The molecule has 0 fully saturated rings. The summed E-state index contributed by atoms with van der Waals surface area (Å²) in [6.45, 7) is 6.10. The number of aryl methyl sites for hydroxylation is 3. The van der Waals surface area contributed by atoms with Crippen LogP contribution >= 0.6 is 0 Å². The van der Waals surface area contributed by atoms with E-state index in [0.29, 0.717) is 16.6 Å². The molecular weight excluding hydrogens is 336 g/mol. The molecule has 0 spiro atoms. The average molecular weight is 356 g/mol. The summed E-state index contributed by atoms with van der Waals surface area (Å²) in [6, 6.07) is 19.6. The number of nitrogens with zero attached hydrogens (tertiary/aromatic N) is 2. The number of hydrogen-bond donors (Lipinski definition) is 1. The van der Waals surface area contributed by atoms with Crippen molar-refractivity contribution in [2.45, 2.75) is 20.8 Å². The van der Waals surface area contributed by atoms with Gasteiger partial charge in [0.15, 0.2) is 0 Å². The van der Waals surface area contributed by atoms with E-state index in [1.165, 1.54) is 11.4 Å². The maximum atomic E-state index is 11.8. The van der Waals surface area contributed by atoms with Crippen molar-refractivity contribution < 1.29 is 9.90 Å². The van der Waals surface area contributed by atoms with Gasteiger partial charge in [0.2, 0.25) is 0 Å². The molecule has 0 aliphatic carbocycles. The van der Waals surface area contributed by atoms with Gasteiger partial charge in [-0.25, -0.2) is 9.78 Å². The van der Waals surface area contributed by atoms with Gasteiger partial charge in [-0.2, -0.15) is 0 Å². The first-order chi connectivity index (χ1) is 12.9. The number of aromatic carboxylic acids is 1. The second-order valence-electron chi connectivity index (χ2n) is 6.88. The number of benzene rings is 2. The van der Waals surface area contributed by atoms with Gasteiger partial charge in [0, 0.05) is 28.0 Å². The van der Waals surface area contributed by atoms with Crippen LogP contribution in [-0.4, -0.2) is 20.6 Å². The summed E-state index contributed by atoms with van der Waals surface area (Å²) in [7, 11) is 0. The van der Waals surface area contributed by atoms with Crippen LogP contribution in [0, 0.1) is 20.8 Å². The molecule has 4 rings (SSSR count). The Morgan fingerprint density at radius 3 is 2.19 bits per heavy atom. The second kappa shape index (κ2) is 6.40. The Morgan fingerprint density at radius 2 is 1.56 bits per heavy atom. The average Bonchev–Trinajstić information content (AvgIpc) is 2.99. The number of carbonyl (C=O) groups is 1. The quantitative estimate of drug-likeness (QED) is 0.541. The molecule has 4 heteroatoms. The summed E-state index contributed by atoms with van der Waals surface area (Å²) in [5, 5.41) is 10.3. The van der Waals surface area contributed by atoms with Gasteiger partial charge in [-0.05, 0) is 63.2 Å². The zero-order valence-electron chi connectivity index (χ0n) is 15.5. The molecule has 1 N–H and O–H groups in total. The Labute approximate surface area is 157 Å². The summed E-state index contributed by atoms with van der Waals surface area (Å²) < 4.78 is 2.18. The molecule has 0 saturated carbocycles. The van der Waals surface area contributed by atoms with Gasteiger partial charge >= 0.3 is 5.97 Å². The summed E-state index contributed by atoms with van der Waals surface area (Å²) in [4.78, 5) is 16.5. The Kier molecular flexibility index (Phi) is 4.04. The van der Waals surface area contributed by atoms with Crippen molar-refractivity contribution in [3.8, 4) is 16.9 Å². The molecular formula is C23H20N2O2. The molecule has 4 aromatic rings. The molecule has 0 amide bonds. The topological polar surface area (TPSA) is 55.1 Å². The lowest BCUT2D eigenvalue weighted by Crippen LogP contribution is -2.01. The highest BCUT2D eigenvalue weighted by Crippen LogP contribution is 2.27. The molecule has 2 aromatic heterocycles. The van der Waals surface area contributed by atoms with Crippen molar-refractivity contribution in [3.05, 3.63) is 83.2 Å². The van der Waals surface area contributed by atoms with E-state index in [9.17, 15) is 9.90 Å². The molecule has 27 heavy (non-hydrogen) atoms. The minimum Gasteiger partial charge on any atom is -0.478 e. The first-order valence-electron chi connectivity index (χ1n) is 8.84. The van der Waals surface area contributed by atoms with Crippen molar-refractivity contribution >= 4 is 16.9 Å². The highest BCUT2D eigenvalue weighted by molar-refractivity contribution is 6.04. The normalized spacial score (nSPS) is 11.1. The van der Waals surface area contributed by atoms with Crippen LogP contribution in [0.25, 0.3) is 27.8 Å². The summed E-state index contributed by atoms with van der Waals surface area (Å²) in [6.07, 6.45) is 0. The van der Waals surface area contributed by atoms with E-state index >= 15 is 0 Å². The van der Waals surface area contributed by atoms with Gasteiger partial charge in [-0.1, -0.05) is 23.8 Å². The largest absolute Gasteiger partial charge is 0.478 e. The molecule has 0 saturated heterocycles. The third-order valence-corrected chi connectivity index (χ3v) is 4.89. The fraction of sp³-hybridized carbons (Fsp3) is 0.130. The van der Waals surface area contributed by atoms with Crippen molar-refractivity contribution in [3.63, 3.8) is 0 Å². The molecule has 2 aromatic carbocycles. The summed E-state index contributed by atoms with van der Waals surface area (Å²) >= 11 is 0. The van der Waals surface area contributed by atoms with Crippen LogP contribution in [0.5, 0.6) is 0 Å². The van der Waals surface area contributed by atoms with Crippen molar-refractivity contribution in [1.29, 1.82) is 0 Å². The summed E-state index contributed by atoms with van der Waals surface area (Å²) in [5.41, 5.74) is 6.97. The number of carboxylic acid groups (broad SMARTS) is 1. The summed E-state index contributed by atoms with van der Waals surface area (Å²) in [5.74, 6) is -0.940. The second-order valence-corrected chi connectivity index (χ2v) is 6.88. The van der Waals surface area contributed by atoms with Crippen LogP contribution in [0.3, 0.4) is 0 Å². The lowest BCUT2D eigenvalue weighted by atomic mass is 10.0. The lowest BCUT2D eigenvalue weighted by Gasteiger charge is -2.11. The van der Waals surface area contributed by atoms with E-state index in [0.717, 1.165) is 16.8 Å².